The monoisotopic (exact) mass is 251 g/mol. The second-order valence-electron chi connectivity index (χ2n) is 5.40. The zero-order valence-corrected chi connectivity index (χ0v) is 11.7. The molecule has 0 spiro atoms. The number of aryl methyl sites for hydroxylation is 1. The molecule has 1 heterocycles. The van der Waals surface area contributed by atoms with E-state index in [9.17, 15) is 9.90 Å². The van der Waals surface area contributed by atoms with E-state index in [1.165, 1.54) is 6.92 Å². The molecular formula is C13H21N3O2. The number of aromatic nitrogens is 2. The predicted molar refractivity (Wildman–Crippen MR) is 70.9 cm³/mol. The third-order valence-electron chi connectivity index (χ3n) is 2.78. The van der Waals surface area contributed by atoms with Gasteiger partial charge in [-0.15, -0.1) is 0 Å². The van der Waals surface area contributed by atoms with Crippen LogP contribution in [-0.2, 0) is 0 Å². The summed E-state index contributed by atoms with van der Waals surface area (Å²) in [7, 11) is 1.87. The Kier molecular flexibility index (Phi) is 4.40. The summed E-state index contributed by atoms with van der Waals surface area (Å²) in [6, 6.07) is 0. The third kappa shape index (κ3) is 3.50. The lowest BCUT2D eigenvalue weighted by Gasteiger charge is -2.28. The van der Waals surface area contributed by atoms with Crippen LogP contribution >= 0.6 is 0 Å². The van der Waals surface area contributed by atoms with Crippen molar-refractivity contribution >= 4 is 11.7 Å². The molecule has 5 heteroatoms. The van der Waals surface area contributed by atoms with Crippen LogP contribution < -0.4 is 4.90 Å². The molecule has 1 N–H and O–H groups in total. The number of ketones is 1. The van der Waals surface area contributed by atoms with Crippen molar-refractivity contribution < 1.29 is 9.90 Å². The van der Waals surface area contributed by atoms with Crippen LogP contribution in [0.1, 0.15) is 36.8 Å². The number of aliphatic hydroxyl groups excluding tert-OH is 1. The van der Waals surface area contributed by atoms with Crippen molar-refractivity contribution in [3.05, 3.63) is 17.5 Å². The van der Waals surface area contributed by atoms with Crippen LogP contribution in [0.15, 0.2) is 6.20 Å². The van der Waals surface area contributed by atoms with E-state index < -0.39 is 0 Å². The van der Waals surface area contributed by atoms with Gasteiger partial charge >= 0.3 is 0 Å². The number of nitrogens with zero attached hydrogens (tertiary/aromatic N) is 3. The number of aliphatic hydroxyl groups is 1. The zero-order valence-electron chi connectivity index (χ0n) is 11.7. The van der Waals surface area contributed by atoms with Crippen LogP contribution in [0.25, 0.3) is 0 Å². The van der Waals surface area contributed by atoms with Gasteiger partial charge in [-0.1, -0.05) is 13.8 Å². The Labute approximate surface area is 108 Å². The van der Waals surface area contributed by atoms with Gasteiger partial charge in [-0.2, -0.15) is 0 Å². The van der Waals surface area contributed by atoms with Gasteiger partial charge in [0.05, 0.1) is 11.3 Å². The molecule has 0 aromatic carbocycles. The van der Waals surface area contributed by atoms with Gasteiger partial charge in [0.25, 0.3) is 0 Å². The summed E-state index contributed by atoms with van der Waals surface area (Å²) < 4.78 is 0. The van der Waals surface area contributed by atoms with Crippen LogP contribution in [-0.4, -0.2) is 41.1 Å². The summed E-state index contributed by atoms with van der Waals surface area (Å²) in [6.45, 7) is 7.99. The average molecular weight is 251 g/mol. The molecule has 5 nitrogen and oxygen atoms in total. The molecule has 1 aromatic heterocycles. The quantitative estimate of drug-likeness (QED) is 0.802. The van der Waals surface area contributed by atoms with Gasteiger partial charge in [0, 0.05) is 31.8 Å². The number of anilines is 1. The molecular weight excluding hydrogens is 230 g/mol. The number of rotatable bonds is 5. The third-order valence-corrected chi connectivity index (χ3v) is 2.78. The Morgan fingerprint density at radius 3 is 2.56 bits per heavy atom. The molecule has 0 saturated heterocycles. The minimum absolute atomic E-state index is 0.0302. The first-order chi connectivity index (χ1) is 8.26. The lowest BCUT2D eigenvalue weighted by atomic mass is 9.94. The Hall–Kier alpha value is -1.49. The zero-order chi connectivity index (χ0) is 13.9. The van der Waals surface area contributed by atoms with Crippen molar-refractivity contribution in [2.75, 3.05) is 25.1 Å². The van der Waals surface area contributed by atoms with Crippen molar-refractivity contribution in [3.8, 4) is 0 Å². The maximum Gasteiger partial charge on any atom is 0.225 e. The molecule has 0 bridgehead atoms. The topological polar surface area (TPSA) is 66.3 Å². The lowest BCUT2D eigenvalue weighted by Crippen LogP contribution is -2.35. The van der Waals surface area contributed by atoms with E-state index in [1.54, 1.807) is 13.1 Å². The molecule has 100 valence electrons. The van der Waals surface area contributed by atoms with Gasteiger partial charge in [0.2, 0.25) is 5.95 Å². The van der Waals surface area contributed by atoms with Crippen LogP contribution in [0.4, 0.5) is 5.95 Å². The number of Topliss-reactive ketones (excluding diaryl/α,β-unsaturated/α-hetero) is 1. The van der Waals surface area contributed by atoms with Crippen molar-refractivity contribution in [3.63, 3.8) is 0 Å². The van der Waals surface area contributed by atoms with E-state index in [2.05, 4.69) is 9.97 Å². The van der Waals surface area contributed by atoms with E-state index in [0.717, 1.165) is 0 Å². The lowest BCUT2D eigenvalue weighted by molar-refractivity contribution is 0.101. The summed E-state index contributed by atoms with van der Waals surface area (Å²) in [4.78, 5) is 21.7. The molecule has 1 rings (SSSR count). The number of carbonyl (C=O) groups is 1. The highest BCUT2D eigenvalue weighted by Crippen LogP contribution is 2.18. The van der Waals surface area contributed by atoms with Gasteiger partial charge in [-0.05, 0) is 13.8 Å². The fourth-order valence-corrected chi connectivity index (χ4v) is 1.75. The highest BCUT2D eigenvalue weighted by Gasteiger charge is 2.20. The second-order valence-corrected chi connectivity index (χ2v) is 5.40. The maximum absolute atomic E-state index is 11.3. The van der Waals surface area contributed by atoms with E-state index in [4.69, 9.17) is 0 Å². The van der Waals surface area contributed by atoms with Crippen LogP contribution in [0.2, 0.25) is 0 Å². The standard InChI is InChI=1S/C13H21N3O2/c1-9-11(10(2)18)6-14-12(15-9)16(5)7-13(3,4)8-17/h6,17H,7-8H2,1-5H3. The fraction of sp³-hybridized carbons (Fsp3) is 0.615. The number of carbonyl (C=O) groups excluding carboxylic acids is 1. The summed E-state index contributed by atoms with van der Waals surface area (Å²) in [6.07, 6.45) is 1.56. The van der Waals surface area contributed by atoms with E-state index in [-0.39, 0.29) is 17.8 Å². The van der Waals surface area contributed by atoms with Crippen molar-refractivity contribution in [1.82, 2.24) is 9.97 Å². The average Bonchev–Trinajstić information content (AvgIpc) is 2.27. The predicted octanol–water partition coefficient (Wildman–Crippen LogP) is 1.44. The molecule has 0 fully saturated rings. The first-order valence-corrected chi connectivity index (χ1v) is 5.93. The fourth-order valence-electron chi connectivity index (χ4n) is 1.75. The minimum Gasteiger partial charge on any atom is -0.396 e. The normalized spacial score (nSPS) is 11.4. The Balaban J connectivity index is 2.91. The van der Waals surface area contributed by atoms with Crippen molar-refractivity contribution in [1.29, 1.82) is 0 Å². The van der Waals surface area contributed by atoms with Gasteiger partial charge < -0.3 is 10.0 Å². The molecule has 0 aliphatic heterocycles. The number of hydrogen-bond acceptors (Lipinski definition) is 5. The van der Waals surface area contributed by atoms with E-state index in [1.807, 2.05) is 25.8 Å². The molecule has 0 atom stereocenters. The molecule has 0 amide bonds. The maximum atomic E-state index is 11.3. The summed E-state index contributed by atoms with van der Waals surface area (Å²) in [5.74, 6) is 0.538. The first-order valence-electron chi connectivity index (χ1n) is 5.93. The smallest absolute Gasteiger partial charge is 0.225 e. The highest BCUT2D eigenvalue weighted by molar-refractivity contribution is 5.94. The minimum atomic E-state index is -0.217. The number of hydrogen-bond donors (Lipinski definition) is 1. The van der Waals surface area contributed by atoms with Gasteiger partial charge in [-0.25, -0.2) is 9.97 Å². The Bertz CT molecular complexity index is 444. The van der Waals surface area contributed by atoms with Crippen LogP contribution in [0, 0.1) is 12.3 Å². The van der Waals surface area contributed by atoms with Crippen LogP contribution in [0.3, 0.4) is 0 Å². The summed E-state index contributed by atoms with van der Waals surface area (Å²) in [5, 5.41) is 9.25. The van der Waals surface area contributed by atoms with Crippen LogP contribution in [0.5, 0.6) is 0 Å². The Morgan fingerprint density at radius 2 is 2.11 bits per heavy atom. The second kappa shape index (κ2) is 5.44. The Morgan fingerprint density at radius 1 is 1.50 bits per heavy atom. The highest BCUT2D eigenvalue weighted by atomic mass is 16.3. The summed E-state index contributed by atoms with van der Waals surface area (Å²) in [5.41, 5.74) is 1.01. The molecule has 0 aliphatic rings. The summed E-state index contributed by atoms with van der Waals surface area (Å²) >= 11 is 0. The van der Waals surface area contributed by atoms with E-state index in [0.29, 0.717) is 23.8 Å². The molecule has 0 saturated carbocycles. The van der Waals surface area contributed by atoms with Crippen molar-refractivity contribution in [2.45, 2.75) is 27.7 Å². The van der Waals surface area contributed by atoms with Crippen molar-refractivity contribution in [2.24, 2.45) is 5.41 Å². The van der Waals surface area contributed by atoms with Gasteiger partial charge in [0.1, 0.15) is 0 Å². The van der Waals surface area contributed by atoms with Gasteiger partial charge in [0.15, 0.2) is 5.78 Å². The first kappa shape index (κ1) is 14.6. The largest absolute Gasteiger partial charge is 0.396 e. The molecule has 0 aliphatic carbocycles. The molecule has 0 unspecified atom stereocenters. The SMILES string of the molecule is CC(=O)c1cnc(N(C)CC(C)(C)CO)nc1C. The molecule has 1 aromatic rings. The molecule has 18 heavy (non-hydrogen) atoms. The van der Waals surface area contributed by atoms with Gasteiger partial charge in [-0.3, -0.25) is 4.79 Å². The van der Waals surface area contributed by atoms with E-state index >= 15 is 0 Å². The molecule has 0 radical (unpaired) electrons.